The van der Waals surface area contributed by atoms with E-state index in [-0.39, 0.29) is 24.5 Å². The number of nitrogens with one attached hydrogen (secondary N) is 2. The van der Waals surface area contributed by atoms with Gasteiger partial charge in [0, 0.05) is 0 Å². The molecular weight excluding hydrogens is 330 g/mol. The van der Waals surface area contributed by atoms with E-state index in [0.717, 1.165) is 22.6 Å². The second-order valence-corrected chi connectivity index (χ2v) is 6.39. The summed E-state index contributed by atoms with van der Waals surface area (Å²) < 4.78 is 10.6. The molecule has 6 nitrogen and oxygen atoms in total. The second kappa shape index (κ2) is 7.91. The van der Waals surface area contributed by atoms with Gasteiger partial charge in [-0.2, -0.15) is 0 Å². The summed E-state index contributed by atoms with van der Waals surface area (Å²) in [6.45, 7) is 4.03. The highest BCUT2D eigenvalue weighted by Gasteiger charge is 2.22. The van der Waals surface area contributed by atoms with E-state index in [1.807, 2.05) is 38.1 Å². The van der Waals surface area contributed by atoms with E-state index in [2.05, 4.69) is 15.3 Å². The summed E-state index contributed by atoms with van der Waals surface area (Å²) in [6, 6.07) is 14.7. The van der Waals surface area contributed by atoms with Crippen molar-refractivity contribution in [3.63, 3.8) is 0 Å². The number of hydrogen-bond acceptors (Lipinski definition) is 4. The molecule has 1 aromatic heterocycles. The summed E-state index contributed by atoms with van der Waals surface area (Å²) in [5, 5.41) is 3.00. The molecule has 2 aromatic carbocycles. The predicted octanol–water partition coefficient (Wildman–Crippen LogP) is 3.46. The standard InChI is InChI=1S/C20H23N3O3/c1-13(2)19(20-21-16-6-4-5-7-17(16)22-20)23-18(24)12-26-15-10-8-14(25-3)9-11-15/h4-11,13,19H,12H2,1-3H3,(H,21,22)(H,23,24)/t19-/m1/s1. The Hall–Kier alpha value is -3.02. The van der Waals surface area contributed by atoms with E-state index < -0.39 is 0 Å². The summed E-state index contributed by atoms with van der Waals surface area (Å²) in [4.78, 5) is 20.2. The molecule has 2 N–H and O–H groups in total. The van der Waals surface area contributed by atoms with E-state index in [1.165, 1.54) is 0 Å². The lowest BCUT2D eigenvalue weighted by Gasteiger charge is -2.20. The van der Waals surface area contributed by atoms with E-state index in [4.69, 9.17) is 9.47 Å². The molecule has 0 bridgehead atoms. The Morgan fingerprint density at radius 1 is 1.12 bits per heavy atom. The van der Waals surface area contributed by atoms with Crippen LogP contribution in [-0.2, 0) is 4.79 Å². The molecule has 0 aliphatic rings. The fraction of sp³-hybridized carbons (Fsp3) is 0.300. The van der Waals surface area contributed by atoms with Gasteiger partial charge in [0.1, 0.15) is 17.3 Å². The third-order valence-corrected chi connectivity index (χ3v) is 4.11. The molecule has 1 heterocycles. The number of nitrogens with zero attached hydrogens (tertiary/aromatic N) is 1. The highest BCUT2D eigenvalue weighted by atomic mass is 16.5. The molecule has 0 aliphatic heterocycles. The summed E-state index contributed by atoms with van der Waals surface area (Å²) in [5.74, 6) is 2.09. The molecule has 0 spiro atoms. The molecule has 1 amide bonds. The van der Waals surface area contributed by atoms with Crippen LogP contribution < -0.4 is 14.8 Å². The number of aromatic amines is 1. The molecule has 0 radical (unpaired) electrons. The molecule has 3 rings (SSSR count). The van der Waals surface area contributed by atoms with Gasteiger partial charge < -0.3 is 19.8 Å². The molecule has 1 atom stereocenters. The maximum Gasteiger partial charge on any atom is 0.258 e. The Balaban J connectivity index is 1.64. The maximum absolute atomic E-state index is 12.3. The first kappa shape index (κ1) is 17.8. The number of rotatable bonds is 7. The van der Waals surface area contributed by atoms with Crippen molar-refractivity contribution in [3.8, 4) is 11.5 Å². The fourth-order valence-electron chi connectivity index (χ4n) is 2.71. The van der Waals surface area contributed by atoms with Crippen LogP contribution in [0.5, 0.6) is 11.5 Å². The molecule has 136 valence electrons. The Kier molecular flexibility index (Phi) is 5.41. The number of carbonyl (C=O) groups is 1. The van der Waals surface area contributed by atoms with Gasteiger partial charge in [0.2, 0.25) is 0 Å². The minimum Gasteiger partial charge on any atom is -0.497 e. The van der Waals surface area contributed by atoms with Gasteiger partial charge in [0.15, 0.2) is 6.61 Å². The third-order valence-electron chi connectivity index (χ3n) is 4.11. The first-order chi connectivity index (χ1) is 12.6. The number of benzene rings is 2. The van der Waals surface area contributed by atoms with Crippen molar-refractivity contribution >= 4 is 16.9 Å². The van der Waals surface area contributed by atoms with Gasteiger partial charge >= 0.3 is 0 Å². The van der Waals surface area contributed by atoms with Gasteiger partial charge in [-0.3, -0.25) is 4.79 Å². The molecule has 26 heavy (non-hydrogen) atoms. The van der Waals surface area contributed by atoms with Crippen molar-refractivity contribution in [2.75, 3.05) is 13.7 Å². The van der Waals surface area contributed by atoms with Crippen molar-refractivity contribution in [1.29, 1.82) is 0 Å². The van der Waals surface area contributed by atoms with Crippen molar-refractivity contribution in [1.82, 2.24) is 15.3 Å². The quantitative estimate of drug-likeness (QED) is 0.682. The average molecular weight is 353 g/mol. The normalized spacial score (nSPS) is 12.2. The molecule has 0 unspecified atom stereocenters. The van der Waals surface area contributed by atoms with Gasteiger partial charge in [-0.25, -0.2) is 4.98 Å². The van der Waals surface area contributed by atoms with Crippen LogP contribution in [0.2, 0.25) is 0 Å². The lowest BCUT2D eigenvalue weighted by atomic mass is 10.0. The van der Waals surface area contributed by atoms with Gasteiger partial charge in [0.25, 0.3) is 5.91 Å². The molecule has 3 aromatic rings. The first-order valence-electron chi connectivity index (χ1n) is 8.57. The summed E-state index contributed by atoms with van der Waals surface area (Å²) in [7, 11) is 1.60. The average Bonchev–Trinajstić information content (AvgIpc) is 3.08. The maximum atomic E-state index is 12.3. The van der Waals surface area contributed by atoms with Crippen LogP contribution in [0.1, 0.15) is 25.7 Å². The third kappa shape index (κ3) is 4.14. The van der Waals surface area contributed by atoms with Crippen molar-refractivity contribution in [2.24, 2.45) is 5.92 Å². The summed E-state index contributed by atoms with van der Waals surface area (Å²) in [6.07, 6.45) is 0. The molecule has 0 fully saturated rings. The van der Waals surface area contributed by atoms with Crippen molar-refractivity contribution in [3.05, 3.63) is 54.4 Å². The summed E-state index contributed by atoms with van der Waals surface area (Å²) in [5.41, 5.74) is 1.84. The molecule has 6 heteroatoms. The Morgan fingerprint density at radius 3 is 2.46 bits per heavy atom. The van der Waals surface area contributed by atoms with E-state index in [9.17, 15) is 4.79 Å². The largest absolute Gasteiger partial charge is 0.497 e. The SMILES string of the molecule is COc1ccc(OCC(=O)N[C@@H](c2nc3ccccc3[nH]2)C(C)C)cc1. The molecular formula is C20H23N3O3. The number of methoxy groups -OCH3 is 1. The van der Waals surface area contributed by atoms with Crippen LogP contribution in [0.4, 0.5) is 0 Å². The Labute approximate surface area is 152 Å². The Bertz CT molecular complexity index is 838. The monoisotopic (exact) mass is 353 g/mol. The van der Waals surface area contributed by atoms with E-state index in [1.54, 1.807) is 31.4 Å². The van der Waals surface area contributed by atoms with Crippen LogP contribution in [0.3, 0.4) is 0 Å². The number of carbonyl (C=O) groups excluding carboxylic acids is 1. The second-order valence-electron chi connectivity index (χ2n) is 6.39. The van der Waals surface area contributed by atoms with Crippen LogP contribution in [0, 0.1) is 5.92 Å². The van der Waals surface area contributed by atoms with Crippen molar-refractivity contribution in [2.45, 2.75) is 19.9 Å². The van der Waals surface area contributed by atoms with E-state index >= 15 is 0 Å². The number of hydrogen-bond donors (Lipinski definition) is 2. The van der Waals surface area contributed by atoms with Gasteiger partial charge in [-0.05, 0) is 42.3 Å². The zero-order valence-electron chi connectivity index (χ0n) is 15.2. The first-order valence-corrected chi connectivity index (χ1v) is 8.57. The number of ether oxygens (including phenoxy) is 2. The molecule has 0 saturated carbocycles. The van der Waals surface area contributed by atoms with Crippen LogP contribution in [-0.4, -0.2) is 29.6 Å². The predicted molar refractivity (Wildman–Crippen MR) is 100 cm³/mol. The fourth-order valence-corrected chi connectivity index (χ4v) is 2.71. The lowest BCUT2D eigenvalue weighted by molar-refractivity contribution is -0.124. The number of H-pyrrole nitrogens is 1. The van der Waals surface area contributed by atoms with Crippen molar-refractivity contribution < 1.29 is 14.3 Å². The number of para-hydroxylation sites is 2. The van der Waals surface area contributed by atoms with Gasteiger partial charge in [-0.1, -0.05) is 26.0 Å². The van der Waals surface area contributed by atoms with Gasteiger partial charge in [0.05, 0.1) is 24.2 Å². The highest BCUT2D eigenvalue weighted by molar-refractivity contribution is 5.78. The number of fused-ring (bicyclic) bond motifs is 1. The number of aromatic nitrogens is 2. The van der Waals surface area contributed by atoms with E-state index in [0.29, 0.717) is 5.75 Å². The lowest BCUT2D eigenvalue weighted by Crippen LogP contribution is -2.35. The zero-order chi connectivity index (χ0) is 18.5. The molecule has 0 aliphatic carbocycles. The Morgan fingerprint density at radius 2 is 1.81 bits per heavy atom. The summed E-state index contributed by atoms with van der Waals surface area (Å²) >= 11 is 0. The minimum atomic E-state index is -0.214. The molecule has 0 saturated heterocycles. The number of amides is 1. The van der Waals surface area contributed by atoms with Crippen LogP contribution in [0.15, 0.2) is 48.5 Å². The highest BCUT2D eigenvalue weighted by Crippen LogP contribution is 2.22. The van der Waals surface area contributed by atoms with Crippen LogP contribution in [0.25, 0.3) is 11.0 Å². The zero-order valence-corrected chi connectivity index (χ0v) is 15.2. The van der Waals surface area contributed by atoms with Gasteiger partial charge in [-0.15, -0.1) is 0 Å². The topological polar surface area (TPSA) is 76.2 Å². The number of imidazole rings is 1. The smallest absolute Gasteiger partial charge is 0.258 e. The minimum absolute atomic E-state index is 0.0597. The van der Waals surface area contributed by atoms with Crippen LogP contribution >= 0.6 is 0 Å².